The van der Waals surface area contributed by atoms with Crippen molar-refractivity contribution >= 4 is 28.5 Å². The number of fused-ring (bicyclic) bond motifs is 2. The van der Waals surface area contributed by atoms with Gasteiger partial charge in [-0.2, -0.15) is 0 Å². The zero-order chi connectivity index (χ0) is 27.4. The lowest BCUT2D eigenvalue weighted by molar-refractivity contribution is 0.0499. The van der Waals surface area contributed by atoms with Crippen molar-refractivity contribution in [3.05, 3.63) is 105 Å². The molecule has 0 saturated heterocycles. The highest BCUT2D eigenvalue weighted by atomic mass is 16.5. The number of unbranched alkanes of at least 4 members (excludes halogenated alkanes) is 2. The number of hydrogen-bond acceptors (Lipinski definition) is 6. The topological polar surface area (TPSA) is 86.0 Å². The number of carbonyl (C=O) groups is 2. The first-order valence-corrected chi connectivity index (χ1v) is 13.4. The molecular weight excluding hydrogens is 494 g/mol. The van der Waals surface area contributed by atoms with E-state index in [1.165, 1.54) is 0 Å². The first-order chi connectivity index (χ1) is 19.0. The van der Waals surface area contributed by atoms with E-state index in [1.54, 1.807) is 53.4 Å². The Balaban J connectivity index is 1.55. The van der Waals surface area contributed by atoms with Gasteiger partial charge in [-0.3, -0.25) is 14.5 Å². The van der Waals surface area contributed by atoms with Gasteiger partial charge in [0.25, 0.3) is 5.91 Å². The van der Waals surface area contributed by atoms with Crippen LogP contribution in [0.1, 0.15) is 77.6 Å². The van der Waals surface area contributed by atoms with Crippen LogP contribution in [0.4, 0.5) is 5.69 Å². The van der Waals surface area contributed by atoms with Gasteiger partial charge >= 0.3 is 5.97 Å². The second-order valence-corrected chi connectivity index (χ2v) is 9.56. The monoisotopic (exact) mass is 525 g/mol. The van der Waals surface area contributed by atoms with Crippen LogP contribution >= 0.6 is 0 Å². The SMILES string of the molecule is CCCCOC(=O)c1ccc(N2C(=O)c3oc4ccccc4c(=O)c3C2c2ccc(OCCCC)cc2)cc1. The van der Waals surface area contributed by atoms with E-state index in [0.29, 0.717) is 41.0 Å². The summed E-state index contributed by atoms with van der Waals surface area (Å²) in [4.78, 5) is 41.5. The Labute approximate surface area is 227 Å². The molecule has 0 fully saturated rings. The Hall–Kier alpha value is -4.39. The molecule has 1 aromatic heterocycles. The Morgan fingerprint density at radius 3 is 2.28 bits per heavy atom. The van der Waals surface area contributed by atoms with Gasteiger partial charge in [0.05, 0.1) is 35.8 Å². The first-order valence-electron chi connectivity index (χ1n) is 13.4. The molecule has 0 saturated carbocycles. The minimum Gasteiger partial charge on any atom is -0.494 e. The zero-order valence-electron chi connectivity index (χ0n) is 22.1. The summed E-state index contributed by atoms with van der Waals surface area (Å²) < 4.78 is 17.1. The normalized spacial score (nSPS) is 14.5. The van der Waals surface area contributed by atoms with E-state index >= 15 is 0 Å². The van der Waals surface area contributed by atoms with Crippen LogP contribution in [0.2, 0.25) is 0 Å². The average molecular weight is 526 g/mol. The fourth-order valence-corrected chi connectivity index (χ4v) is 4.73. The molecule has 1 atom stereocenters. The highest BCUT2D eigenvalue weighted by Crippen LogP contribution is 2.41. The highest BCUT2D eigenvalue weighted by Gasteiger charge is 2.43. The molecule has 0 radical (unpaired) electrons. The maximum Gasteiger partial charge on any atom is 0.338 e. The number of para-hydroxylation sites is 1. The van der Waals surface area contributed by atoms with Crippen LogP contribution < -0.4 is 15.1 Å². The van der Waals surface area contributed by atoms with E-state index in [2.05, 4.69) is 6.92 Å². The van der Waals surface area contributed by atoms with Crippen LogP contribution in [0.3, 0.4) is 0 Å². The van der Waals surface area contributed by atoms with Gasteiger partial charge < -0.3 is 13.9 Å². The zero-order valence-corrected chi connectivity index (χ0v) is 22.1. The minimum absolute atomic E-state index is 0.0232. The molecule has 3 aromatic carbocycles. The molecule has 7 heteroatoms. The standard InChI is InChI=1S/C32H31NO6/c1-3-5-19-37-24-17-13-21(14-18-24)28-27-29(34)25-9-7-8-10-26(25)39-30(27)31(35)33(28)23-15-11-22(12-16-23)32(36)38-20-6-4-2/h7-18,28H,3-6,19-20H2,1-2H3. The molecule has 0 bridgehead atoms. The van der Waals surface area contributed by atoms with Gasteiger partial charge in [-0.15, -0.1) is 0 Å². The van der Waals surface area contributed by atoms with Crippen LogP contribution in [0.15, 0.2) is 82.0 Å². The molecule has 39 heavy (non-hydrogen) atoms. The van der Waals surface area contributed by atoms with Crippen LogP contribution in [-0.4, -0.2) is 25.1 Å². The van der Waals surface area contributed by atoms with Gasteiger partial charge in [0, 0.05) is 5.69 Å². The molecule has 1 amide bonds. The van der Waals surface area contributed by atoms with E-state index in [4.69, 9.17) is 13.9 Å². The predicted molar refractivity (Wildman–Crippen MR) is 150 cm³/mol. The lowest BCUT2D eigenvalue weighted by Gasteiger charge is -2.25. The van der Waals surface area contributed by atoms with Crippen molar-refractivity contribution in [1.29, 1.82) is 0 Å². The van der Waals surface area contributed by atoms with Crippen LogP contribution in [0.25, 0.3) is 11.0 Å². The lowest BCUT2D eigenvalue weighted by atomic mass is 9.98. The molecule has 4 aromatic rings. The summed E-state index contributed by atoms with van der Waals surface area (Å²) in [5.41, 5.74) is 2.08. The van der Waals surface area contributed by atoms with E-state index in [0.717, 1.165) is 37.0 Å². The van der Waals surface area contributed by atoms with Crippen molar-refractivity contribution in [1.82, 2.24) is 0 Å². The number of amides is 1. The third-order valence-corrected chi connectivity index (χ3v) is 6.85. The smallest absolute Gasteiger partial charge is 0.338 e. The van der Waals surface area contributed by atoms with Gasteiger partial charge in [0.1, 0.15) is 11.3 Å². The molecule has 5 rings (SSSR count). The van der Waals surface area contributed by atoms with Gasteiger partial charge in [-0.05, 0) is 66.9 Å². The summed E-state index contributed by atoms with van der Waals surface area (Å²) in [6.07, 6.45) is 3.71. The number of ether oxygens (including phenoxy) is 2. The minimum atomic E-state index is -0.708. The number of carbonyl (C=O) groups excluding carboxylic acids is 2. The van der Waals surface area contributed by atoms with Gasteiger partial charge in [0.15, 0.2) is 5.43 Å². The molecular formula is C32H31NO6. The maximum absolute atomic E-state index is 13.8. The Kier molecular flexibility index (Phi) is 7.77. The number of nitrogens with zero attached hydrogens (tertiary/aromatic N) is 1. The Morgan fingerprint density at radius 1 is 0.872 bits per heavy atom. The van der Waals surface area contributed by atoms with E-state index in [9.17, 15) is 14.4 Å². The molecule has 2 heterocycles. The van der Waals surface area contributed by atoms with Gasteiger partial charge in [-0.1, -0.05) is 51.0 Å². The van der Waals surface area contributed by atoms with Crippen LogP contribution in [0.5, 0.6) is 5.75 Å². The number of benzene rings is 3. The van der Waals surface area contributed by atoms with E-state index in [-0.39, 0.29) is 11.2 Å². The predicted octanol–water partition coefficient (Wildman–Crippen LogP) is 6.68. The Bertz CT molecular complexity index is 1540. The van der Waals surface area contributed by atoms with Crippen molar-refractivity contribution in [2.24, 2.45) is 0 Å². The third-order valence-electron chi connectivity index (χ3n) is 6.85. The molecule has 0 aliphatic carbocycles. The summed E-state index contributed by atoms with van der Waals surface area (Å²) in [6, 6.07) is 20.3. The van der Waals surface area contributed by atoms with Gasteiger partial charge in [-0.25, -0.2) is 4.79 Å². The van der Waals surface area contributed by atoms with Crippen molar-refractivity contribution in [3.8, 4) is 5.75 Å². The molecule has 0 N–H and O–H groups in total. The summed E-state index contributed by atoms with van der Waals surface area (Å²) >= 11 is 0. The maximum atomic E-state index is 13.8. The van der Waals surface area contributed by atoms with Crippen molar-refractivity contribution < 1.29 is 23.5 Å². The number of rotatable bonds is 10. The molecule has 1 aliphatic heterocycles. The van der Waals surface area contributed by atoms with Crippen molar-refractivity contribution in [2.75, 3.05) is 18.1 Å². The van der Waals surface area contributed by atoms with Gasteiger partial charge in [0.2, 0.25) is 5.76 Å². The van der Waals surface area contributed by atoms with E-state index in [1.807, 2.05) is 31.2 Å². The third kappa shape index (κ3) is 5.17. The molecule has 200 valence electrons. The molecule has 1 unspecified atom stereocenters. The molecule has 1 aliphatic rings. The Morgan fingerprint density at radius 2 is 1.56 bits per heavy atom. The fourth-order valence-electron chi connectivity index (χ4n) is 4.73. The summed E-state index contributed by atoms with van der Waals surface area (Å²) in [5.74, 6) is -0.0847. The van der Waals surface area contributed by atoms with Crippen molar-refractivity contribution in [2.45, 2.75) is 45.6 Å². The van der Waals surface area contributed by atoms with Crippen LogP contribution in [-0.2, 0) is 4.74 Å². The van der Waals surface area contributed by atoms with Crippen molar-refractivity contribution in [3.63, 3.8) is 0 Å². The highest BCUT2D eigenvalue weighted by molar-refractivity contribution is 6.10. The average Bonchev–Trinajstić information content (AvgIpc) is 3.26. The van der Waals surface area contributed by atoms with E-state index < -0.39 is 17.9 Å². The number of hydrogen-bond donors (Lipinski definition) is 0. The second-order valence-electron chi connectivity index (χ2n) is 9.56. The summed E-state index contributed by atoms with van der Waals surface area (Å²) in [5, 5.41) is 0.417. The number of anilines is 1. The van der Waals surface area contributed by atoms with Crippen LogP contribution in [0, 0.1) is 0 Å². The second kappa shape index (κ2) is 11.6. The first kappa shape index (κ1) is 26.2. The fraction of sp³-hybridized carbons (Fsp3) is 0.281. The molecule has 0 spiro atoms. The number of esters is 1. The summed E-state index contributed by atoms with van der Waals surface area (Å²) in [7, 11) is 0. The molecule has 7 nitrogen and oxygen atoms in total. The largest absolute Gasteiger partial charge is 0.494 e. The lowest BCUT2D eigenvalue weighted by Crippen LogP contribution is -2.29. The quantitative estimate of drug-likeness (QED) is 0.170. The summed E-state index contributed by atoms with van der Waals surface area (Å²) in [6.45, 7) is 5.11.